The molecule has 0 aliphatic carbocycles. The molecule has 3 heterocycles. The average molecular weight is 407 g/mol. The van der Waals surface area contributed by atoms with Crippen LogP contribution in [0.3, 0.4) is 0 Å². The van der Waals surface area contributed by atoms with Crippen LogP contribution in [0.25, 0.3) is 11.0 Å². The quantitative estimate of drug-likeness (QED) is 0.516. The van der Waals surface area contributed by atoms with E-state index in [0.717, 1.165) is 38.3 Å². The van der Waals surface area contributed by atoms with Crippen molar-refractivity contribution in [3.8, 4) is 0 Å². The zero-order valence-corrected chi connectivity index (χ0v) is 16.6. The van der Waals surface area contributed by atoms with E-state index in [-0.39, 0.29) is 5.82 Å². The van der Waals surface area contributed by atoms with Crippen molar-refractivity contribution in [1.29, 1.82) is 0 Å². The van der Waals surface area contributed by atoms with Crippen molar-refractivity contribution in [3.63, 3.8) is 0 Å². The van der Waals surface area contributed by atoms with Gasteiger partial charge in [0.2, 0.25) is 0 Å². The van der Waals surface area contributed by atoms with E-state index in [2.05, 4.69) is 33.2 Å². The zero-order chi connectivity index (χ0) is 17.9. The number of aromatic nitrogens is 3. The topological polar surface area (TPSA) is 41.6 Å². The minimum absolute atomic E-state index is 0.0988. The van der Waals surface area contributed by atoms with Crippen LogP contribution in [0.2, 0.25) is 0 Å². The molecule has 0 spiro atoms. The Kier molecular flexibility index (Phi) is 4.85. The van der Waals surface area contributed by atoms with Gasteiger partial charge in [0.15, 0.2) is 0 Å². The van der Waals surface area contributed by atoms with E-state index in [4.69, 9.17) is 0 Å². The summed E-state index contributed by atoms with van der Waals surface area (Å²) < 4.78 is 15.1. The number of aromatic amines is 1. The number of nitrogens with one attached hydrogen (secondary N) is 1. The summed E-state index contributed by atoms with van der Waals surface area (Å²) in [5, 5.41) is 1.94. The van der Waals surface area contributed by atoms with Gasteiger partial charge in [0, 0.05) is 0 Å². The van der Waals surface area contributed by atoms with Crippen LogP contribution in [-0.4, -0.2) is 30.7 Å². The Hall–Kier alpha value is -2.45. The third-order valence-corrected chi connectivity index (χ3v) is 6.98. The van der Waals surface area contributed by atoms with Gasteiger partial charge in [-0.3, -0.25) is 0 Å². The molecule has 0 saturated heterocycles. The first kappa shape index (κ1) is 17.0. The van der Waals surface area contributed by atoms with Gasteiger partial charge in [-0.15, -0.1) is 0 Å². The van der Waals surface area contributed by atoms with E-state index in [1.807, 2.05) is 37.5 Å². The van der Waals surface area contributed by atoms with E-state index in [1.165, 1.54) is 11.1 Å². The maximum atomic E-state index is 13.9. The molecule has 0 bridgehead atoms. The number of benzene rings is 1. The number of rotatable bonds is 5. The molecule has 0 fully saturated rings. The number of hydrogen-bond acceptors (Lipinski definition) is 2. The van der Waals surface area contributed by atoms with Crippen LogP contribution in [0.4, 0.5) is 4.39 Å². The molecular weight excluding hydrogens is 388 g/mol. The molecule has 4 aromatic rings. The molecule has 4 rings (SSSR count). The SMILES string of the molecule is Cc1ccc(C[AsH]c2ccc(Cc3c[nH]c4ncccc34)cn2)c(F)c1. The van der Waals surface area contributed by atoms with Crippen molar-refractivity contribution < 1.29 is 4.39 Å². The minimum atomic E-state index is -0.485. The van der Waals surface area contributed by atoms with Crippen molar-refractivity contribution in [2.24, 2.45) is 0 Å². The predicted octanol–water partition coefficient (Wildman–Crippen LogP) is 3.26. The molecule has 1 N–H and O–H groups in total. The molecule has 26 heavy (non-hydrogen) atoms. The number of pyridine rings is 2. The maximum absolute atomic E-state index is 13.9. The summed E-state index contributed by atoms with van der Waals surface area (Å²) >= 11 is -0.485. The number of fused-ring (bicyclic) bond motifs is 1. The standard InChI is InChI=1S/C21H19AsFN3/c1-14-4-6-16(19(23)9-14)11-22-20-7-5-15(12-25-20)10-17-13-26-21-18(17)3-2-8-24-21/h2-9,12-13,22H,10-11H2,1H3,(H,24,26). The van der Waals surface area contributed by atoms with E-state index in [9.17, 15) is 4.39 Å². The van der Waals surface area contributed by atoms with Crippen molar-refractivity contribution in [2.45, 2.75) is 18.6 Å². The third-order valence-electron chi connectivity index (χ3n) is 4.42. The molecule has 3 nitrogen and oxygen atoms in total. The van der Waals surface area contributed by atoms with Gasteiger partial charge in [0.25, 0.3) is 0 Å². The zero-order valence-electron chi connectivity index (χ0n) is 14.5. The second kappa shape index (κ2) is 7.43. The van der Waals surface area contributed by atoms with Gasteiger partial charge in [-0.25, -0.2) is 0 Å². The summed E-state index contributed by atoms with van der Waals surface area (Å²) in [5.74, 6) is -0.0988. The van der Waals surface area contributed by atoms with Gasteiger partial charge in [-0.1, -0.05) is 0 Å². The van der Waals surface area contributed by atoms with E-state index in [0.29, 0.717) is 0 Å². The number of halogens is 1. The Balaban J connectivity index is 1.43. The van der Waals surface area contributed by atoms with Crippen LogP contribution >= 0.6 is 0 Å². The van der Waals surface area contributed by atoms with Crippen LogP contribution in [0, 0.1) is 12.7 Å². The molecule has 0 amide bonds. The second-order valence-electron chi connectivity index (χ2n) is 6.39. The first-order valence-electron chi connectivity index (χ1n) is 8.54. The van der Waals surface area contributed by atoms with Gasteiger partial charge < -0.3 is 0 Å². The number of nitrogens with zero attached hydrogens (tertiary/aromatic N) is 2. The Morgan fingerprint density at radius 1 is 1.08 bits per heavy atom. The molecule has 0 aliphatic heterocycles. The number of H-pyrrole nitrogens is 1. The molecule has 5 heteroatoms. The van der Waals surface area contributed by atoms with Crippen molar-refractivity contribution in [1.82, 2.24) is 15.0 Å². The van der Waals surface area contributed by atoms with Crippen LogP contribution in [0.5, 0.6) is 0 Å². The second-order valence-corrected chi connectivity index (χ2v) is 8.95. The summed E-state index contributed by atoms with van der Waals surface area (Å²) in [6.45, 7) is 1.91. The fraction of sp³-hybridized carbons (Fsp3) is 0.143. The van der Waals surface area contributed by atoms with E-state index >= 15 is 0 Å². The molecule has 1 unspecified atom stereocenters. The summed E-state index contributed by atoms with van der Waals surface area (Å²) in [4.78, 5) is 12.1. The molecule has 0 saturated carbocycles. The fourth-order valence-electron chi connectivity index (χ4n) is 2.99. The summed E-state index contributed by atoms with van der Waals surface area (Å²) in [5.41, 5.74) is 5.07. The third kappa shape index (κ3) is 3.71. The van der Waals surface area contributed by atoms with E-state index < -0.39 is 15.8 Å². The van der Waals surface area contributed by atoms with Crippen molar-refractivity contribution >= 4 is 31.3 Å². The Bertz CT molecular complexity index is 1040. The molecule has 130 valence electrons. The predicted molar refractivity (Wildman–Crippen MR) is 105 cm³/mol. The Labute approximate surface area is 158 Å². The summed E-state index contributed by atoms with van der Waals surface area (Å²) in [7, 11) is 0. The Morgan fingerprint density at radius 2 is 2.00 bits per heavy atom. The summed E-state index contributed by atoms with van der Waals surface area (Å²) in [6, 6.07) is 13.7. The average Bonchev–Trinajstić information content (AvgIpc) is 3.05. The van der Waals surface area contributed by atoms with Gasteiger partial charge in [-0.2, -0.15) is 0 Å². The van der Waals surface area contributed by atoms with Gasteiger partial charge in [0.1, 0.15) is 0 Å². The fourth-order valence-corrected chi connectivity index (χ4v) is 5.12. The molecule has 1 atom stereocenters. The molecule has 0 radical (unpaired) electrons. The molecule has 0 aliphatic rings. The van der Waals surface area contributed by atoms with Crippen molar-refractivity contribution in [3.05, 3.63) is 89.1 Å². The monoisotopic (exact) mass is 407 g/mol. The van der Waals surface area contributed by atoms with Gasteiger partial charge in [-0.05, 0) is 0 Å². The Morgan fingerprint density at radius 3 is 2.81 bits per heavy atom. The van der Waals surface area contributed by atoms with Crippen LogP contribution in [0.15, 0.2) is 61.1 Å². The molecular formula is C21H19AsFN3. The van der Waals surface area contributed by atoms with Crippen LogP contribution in [-0.2, 0) is 11.6 Å². The molecule has 1 aromatic carbocycles. The first-order valence-corrected chi connectivity index (χ1v) is 11.1. The number of aryl methyl sites for hydroxylation is 1. The van der Waals surface area contributed by atoms with Crippen LogP contribution in [0.1, 0.15) is 22.3 Å². The number of hydrogen-bond donors (Lipinski definition) is 1. The van der Waals surface area contributed by atoms with Gasteiger partial charge >= 0.3 is 158 Å². The first-order chi connectivity index (χ1) is 12.7. The summed E-state index contributed by atoms with van der Waals surface area (Å²) in [6.07, 6.45) is 6.57. The van der Waals surface area contributed by atoms with Crippen molar-refractivity contribution in [2.75, 3.05) is 0 Å². The normalized spacial score (nSPS) is 11.6. The van der Waals surface area contributed by atoms with E-state index in [1.54, 1.807) is 12.3 Å². The molecule has 3 aromatic heterocycles. The van der Waals surface area contributed by atoms with Gasteiger partial charge in [0.05, 0.1) is 0 Å². The van der Waals surface area contributed by atoms with Crippen LogP contribution < -0.4 is 4.48 Å².